The van der Waals surface area contributed by atoms with Crippen LogP contribution in [0, 0.1) is 0 Å². The lowest BCUT2D eigenvalue weighted by Crippen LogP contribution is -2.50. The van der Waals surface area contributed by atoms with Crippen molar-refractivity contribution in [1.82, 2.24) is 15.2 Å². The molecule has 2 aromatic rings. The van der Waals surface area contributed by atoms with E-state index in [0.29, 0.717) is 10.6 Å². The van der Waals surface area contributed by atoms with Gasteiger partial charge in [0.05, 0.1) is 5.02 Å². The smallest absolute Gasteiger partial charge is 0.0514 e. The average molecular weight is 338 g/mol. The summed E-state index contributed by atoms with van der Waals surface area (Å²) in [6.45, 7) is 4.46. The number of hydrogen-bond acceptors (Lipinski definition) is 2. The van der Waals surface area contributed by atoms with Crippen LogP contribution in [0.2, 0.25) is 10.0 Å². The number of hydrogen-bond donors (Lipinski definition) is 2. The summed E-state index contributed by atoms with van der Waals surface area (Å²) in [5.74, 6) is 0. The van der Waals surface area contributed by atoms with Crippen molar-refractivity contribution in [3.8, 4) is 0 Å². The highest BCUT2D eigenvalue weighted by Crippen LogP contribution is 2.38. The second-order valence-electron chi connectivity index (χ2n) is 6.64. The fourth-order valence-corrected chi connectivity index (χ4v) is 4.76. The van der Waals surface area contributed by atoms with Gasteiger partial charge in [-0.05, 0) is 63.5 Å². The van der Waals surface area contributed by atoms with E-state index in [2.05, 4.69) is 21.3 Å². The van der Waals surface area contributed by atoms with E-state index in [1.54, 1.807) is 0 Å². The fourth-order valence-electron chi connectivity index (χ4n) is 4.21. The summed E-state index contributed by atoms with van der Waals surface area (Å²) in [6, 6.07) is 5.95. The van der Waals surface area contributed by atoms with Gasteiger partial charge in [-0.2, -0.15) is 0 Å². The number of halogens is 2. The van der Waals surface area contributed by atoms with Gasteiger partial charge in [-0.1, -0.05) is 23.2 Å². The highest BCUT2D eigenvalue weighted by molar-refractivity contribution is 6.38. The van der Waals surface area contributed by atoms with Crippen LogP contribution < -0.4 is 5.32 Å². The molecule has 5 heteroatoms. The van der Waals surface area contributed by atoms with Gasteiger partial charge in [-0.25, -0.2) is 0 Å². The molecular formula is C17H21Cl2N3. The van der Waals surface area contributed by atoms with E-state index in [-0.39, 0.29) is 0 Å². The Bertz CT molecular complexity index is 689. The maximum Gasteiger partial charge on any atom is 0.0514 e. The van der Waals surface area contributed by atoms with Crippen LogP contribution in [0.4, 0.5) is 0 Å². The number of rotatable bonds is 2. The zero-order valence-corrected chi connectivity index (χ0v) is 14.1. The summed E-state index contributed by atoms with van der Waals surface area (Å²) in [7, 11) is 0. The third-order valence-electron chi connectivity index (χ3n) is 5.34. The second kappa shape index (κ2) is 5.72. The minimum atomic E-state index is 0.407. The molecule has 22 heavy (non-hydrogen) atoms. The zero-order chi connectivity index (χ0) is 15.2. The topological polar surface area (TPSA) is 31.1 Å². The van der Waals surface area contributed by atoms with Crippen molar-refractivity contribution in [2.45, 2.75) is 37.8 Å². The molecule has 2 aliphatic heterocycles. The van der Waals surface area contributed by atoms with Gasteiger partial charge in [0.25, 0.3) is 0 Å². The van der Waals surface area contributed by atoms with E-state index in [1.165, 1.54) is 37.9 Å². The van der Waals surface area contributed by atoms with E-state index in [0.717, 1.165) is 35.6 Å². The summed E-state index contributed by atoms with van der Waals surface area (Å²) in [5, 5.41) is 5.97. The molecule has 1 aromatic heterocycles. The number of nitrogens with one attached hydrogen (secondary N) is 2. The van der Waals surface area contributed by atoms with Crippen molar-refractivity contribution in [2.75, 3.05) is 19.6 Å². The molecule has 0 atom stereocenters. The quantitative estimate of drug-likeness (QED) is 0.860. The predicted molar refractivity (Wildman–Crippen MR) is 92.8 cm³/mol. The lowest BCUT2D eigenvalue weighted by molar-refractivity contribution is 0.0918. The SMILES string of the molecule is Clc1cc(Cl)c2cc(CN3CCCC34CCNCC4)[nH]c2c1. The minimum Gasteiger partial charge on any atom is -0.357 e. The number of aromatic nitrogens is 1. The molecule has 1 aromatic carbocycles. The van der Waals surface area contributed by atoms with E-state index in [9.17, 15) is 0 Å². The normalized spacial score (nSPS) is 21.9. The van der Waals surface area contributed by atoms with Gasteiger partial charge in [0.1, 0.15) is 0 Å². The third-order valence-corrected chi connectivity index (χ3v) is 5.88. The first kappa shape index (κ1) is 14.8. The minimum absolute atomic E-state index is 0.407. The van der Waals surface area contributed by atoms with Crippen LogP contribution in [-0.2, 0) is 6.54 Å². The van der Waals surface area contributed by atoms with Crippen molar-refractivity contribution in [3.05, 3.63) is 33.9 Å². The van der Waals surface area contributed by atoms with Crippen molar-refractivity contribution < 1.29 is 0 Å². The van der Waals surface area contributed by atoms with Gasteiger partial charge in [0.15, 0.2) is 0 Å². The molecule has 2 N–H and O–H groups in total. The van der Waals surface area contributed by atoms with Crippen LogP contribution >= 0.6 is 23.2 Å². The molecule has 118 valence electrons. The summed E-state index contributed by atoms with van der Waals surface area (Å²) >= 11 is 12.4. The van der Waals surface area contributed by atoms with Crippen LogP contribution in [0.5, 0.6) is 0 Å². The summed E-state index contributed by atoms with van der Waals surface area (Å²) < 4.78 is 0. The number of aromatic amines is 1. The van der Waals surface area contributed by atoms with Gasteiger partial charge >= 0.3 is 0 Å². The maximum absolute atomic E-state index is 6.31. The lowest BCUT2D eigenvalue weighted by atomic mass is 9.85. The number of H-pyrrole nitrogens is 1. The zero-order valence-electron chi connectivity index (χ0n) is 12.6. The van der Waals surface area contributed by atoms with E-state index < -0.39 is 0 Å². The first-order valence-corrected chi connectivity index (χ1v) is 8.84. The second-order valence-corrected chi connectivity index (χ2v) is 7.49. The monoisotopic (exact) mass is 337 g/mol. The van der Waals surface area contributed by atoms with E-state index in [4.69, 9.17) is 23.2 Å². The Kier molecular flexibility index (Phi) is 3.85. The van der Waals surface area contributed by atoms with E-state index in [1.807, 2.05) is 12.1 Å². The van der Waals surface area contributed by atoms with Crippen molar-refractivity contribution in [3.63, 3.8) is 0 Å². The van der Waals surface area contributed by atoms with Gasteiger partial charge in [0.2, 0.25) is 0 Å². The molecule has 0 amide bonds. The van der Waals surface area contributed by atoms with Gasteiger partial charge in [0, 0.05) is 33.7 Å². The largest absolute Gasteiger partial charge is 0.357 e. The van der Waals surface area contributed by atoms with Crippen molar-refractivity contribution >= 4 is 34.1 Å². The molecule has 4 rings (SSSR count). The number of benzene rings is 1. The number of likely N-dealkylation sites (tertiary alicyclic amines) is 1. The first-order chi connectivity index (χ1) is 10.7. The molecule has 2 saturated heterocycles. The Morgan fingerprint density at radius 1 is 1.09 bits per heavy atom. The molecule has 2 fully saturated rings. The molecule has 0 radical (unpaired) electrons. The molecule has 0 saturated carbocycles. The fraction of sp³-hybridized carbons (Fsp3) is 0.529. The lowest BCUT2D eigenvalue weighted by Gasteiger charge is -2.41. The molecule has 3 heterocycles. The Morgan fingerprint density at radius 2 is 1.91 bits per heavy atom. The highest BCUT2D eigenvalue weighted by atomic mass is 35.5. The number of nitrogens with zero attached hydrogens (tertiary/aromatic N) is 1. The Labute approximate surface area is 141 Å². The van der Waals surface area contributed by atoms with Crippen LogP contribution in [0.1, 0.15) is 31.4 Å². The van der Waals surface area contributed by atoms with Crippen LogP contribution in [0.15, 0.2) is 18.2 Å². The third kappa shape index (κ3) is 2.54. The van der Waals surface area contributed by atoms with Crippen molar-refractivity contribution in [2.24, 2.45) is 0 Å². The summed E-state index contributed by atoms with van der Waals surface area (Å²) in [6.07, 6.45) is 5.17. The molecule has 3 nitrogen and oxygen atoms in total. The van der Waals surface area contributed by atoms with Crippen LogP contribution in [0.25, 0.3) is 10.9 Å². The van der Waals surface area contributed by atoms with Gasteiger partial charge < -0.3 is 10.3 Å². The molecule has 0 unspecified atom stereocenters. The molecule has 1 spiro atoms. The maximum atomic E-state index is 6.31. The molecular weight excluding hydrogens is 317 g/mol. The van der Waals surface area contributed by atoms with Crippen LogP contribution in [0.3, 0.4) is 0 Å². The van der Waals surface area contributed by atoms with E-state index >= 15 is 0 Å². The Balaban J connectivity index is 1.61. The predicted octanol–water partition coefficient (Wildman–Crippen LogP) is 4.19. The van der Waals surface area contributed by atoms with Gasteiger partial charge in [-0.3, -0.25) is 4.90 Å². The average Bonchev–Trinajstić information content (AvgIpc) is 3.05. The first-order valence-electron chi connectivity index (χ1n) is 8.09. The van der Waals surface area contributed by atoms with Crippen LogP contribution in [-0.4, -0.2) is 35.1 Å². The number of piperidine rings is 1. The summed E-state index contributed by atoms with van der Waals surface area (Å²) in [4.78, 5) is 6.17. The summed E-state index contributed by atoms with van der Waals surface area (Å²) in [5.41, 5.74) is 2.68. The highest BCUT2D eigenvalue weighted by Gasteiger charge is 2.41. The number of fused-ring (bicyclic) bond motifs is 1. The Morgan fingerprint density at radius 3 is 2.73 bits per heavy atom. The molecule has 0 bridgehead atoms. The molecule has 2 aliphatic rings. The molecule has 0 aliphatic carbocycles. The Hall–Kier alpha value is -0.740. The standard InChI is InChI=1S/C17H21Cl2N3/c18-12-8-15(19)14-10-13(21-16(14)9-12)11-22-7-1-2-17(22)3-5-20-6-4-17/h8-10,20-21H,1-7,11H2. The van der Waals surface area contributed by atoms with Gasteiger partial charge in [-0.15, -0.1) is 0 Å². The van der Waals surface area contributed by atoms with Crippen molar-refractivity contribution in [1.29, 1.82) is 0 Å².